The molecule has 0 amide bonds. The van der Waals surface area contributed by atoms with Gasteiger partial charge in [0.1, 0.15) is 5.65 Å². The second-order valence-electron chi connectivity index (χ2n) is 6.22. The smallest absolute Gasteiger partial charge is 0.146 e. The second kappa shape index (κ2) is 3.80. The summed E-state index contributed by atoms with van der Waals surface area (Å²) in [5, 5.41) is 1.12. The van der Waals surface area contributed by atoms with Crippen LogP contribution in [0.25, 0.3) is 16.6 Å². The molecule has 0 aliphatic rings. The van der Waals surface area contributed by atoms with Crippen LogP contribution >= 0.6 is 0 Å². The minimum absolute atomic E-state index is 0.0690. The van der Waals surface area contributed by atoms with Gasteiger partial charge in [0.2, 0.25) is 0 Å². The van der Waals surface area contributed by atoms with Crippen molar-refractivity contribution in [1.82, 2.24) is 14.4 Å². The fourth-order valence-electron chi connectivity index (χ4n) is 2.53. The summed E-state index contributed by atoms with van der Waals surface area (Å²) in [6.07, 6.45) is 1.92. The van der Waals surface area contributed by atoms with Gasteiger partial charge in [-0.2, -0.15) is 0 Å². The average molecular weight is 253 g/mol. The van der Waals surface area contributed by atoms with Gasteiger partial charge in [-0.15, -0.1) is 0 Å². The number of pyridine rings is 2. The Kier molecular flexibility index (Phi) is 2.43. The van der Waals surface area contributed by atoms with Crippen LogP contribution < -0.4 is 0 Å². The van der Waals surface area contributed by atoms with Crippen LogP contribution in [0, 0.1) is 13.8 Å². The molecule has 0 atom stereocenters. The summed E-state index contributed by atoms with van der Waals surface area (Å²) in [5.74, 6) is 0. The van der Waals surface area contributed by atoms with E-state index in [1.54, 1.807) is 0 Å². The predicted octanol–water partition coefficient (Wildman–Crippen LogP) is 3.80. The largest absolute Gasteiger partial charge is 0.301 e. The minimum atomic E-state index is 0.0690. The summed E-state index contributed by atoms with van der Waals surface area (Å²) in [6, 6.07) is 6.40. The molecule has 0 aromatic carbocycles. The average Bonchev–Trinajstić information content (AvgIpc) is 2.70. The highest BCUT2D eigenvalue weighted by Gasteiger charge is 2.17. The predicted molar refractivity (Wildman–Crippen MR) is 78.7 cm³/mol. The Labute approximate surface area is 113 Å². The topological polar surface area (TPSA) is 30.2 Å². The molecule has 0 radical (unpaired) electrons. The van der Waals surface area contributed by atoms with Crippen molar-refractivity contribution < 1.29 is 0 Å². The molecule has 0 saturated carbocycles. The summed E-state index contributed by atoms with van der Waals surface area (Å²) in [6.45, 7) is 10.7. The number of fused-ring (bicyclic) bond motifs is 3. The third kappa shape index (κ3) is 1.81. The van der Waals surface area contributed by atoms with Gasteiger partial charge < -0.3 is 4.40 Å². The van der Waals surface area contributed by atoms with E-state index >= 15 is 0 Å². The van der Waals surface area contributed by atoms with Crippen molar-refractivity contribution in [3.8, 4) is 0 Å². The molecule has 3 aromatic rings. The molecule has 3 nitrogen and oxygen atoms in total. The van der Waals surface area contributed by atoms with Gasteiger partial charge in [0.15, 0.2) is 0 Å². The van der Waals surface area contributed by atoms with E-state index in [0.717, 1.165) is 27.9 Å². The van der Waals surface area contributed by atoms with Crippen molar-refractivity contribution in [1.29, 1.82) is 0 Å². The number of rotatable bonds is 0. The van der Waals surface area contributed by atoms with Gasteiger partial charge >= 0.3 is 0 Å². The molecule has 3 rings (SSSR count). The fraction of sp³-hybridized carbons (Fsp3) is 0.375. The van der Waals surface area contributed by atoms with Crippen LogP contribution in [0.4, 0.5) is 0 Å². The second-order valence-corrected chi connectivity index (χ2v) is 6.22. The Morgan fingerprint density at radius 3 is 2.47 bits per heavy atom. The molecule has 0 saturated heterocycles. The van der Waals surface area contributed by atoms with E-state index in [1.807, 2.05) is 6.20 Å². The highest BCUT2D eigenvalue weighted by molar-refractivity contribution is 5.92. The standard InChI is InChI=1S/C16H19N3/c1-10-8-13-12(15-17-9-11(2)19(10)15)6-7-14(18-13)16(3,4)5/h6-9H,1-5H3. The van der Waals surface area contributed by atoms with E-state index in [9.17, 15) is 0 Å². The van der Waals surface area contributed by atoms with Gasteiger partial charge in [-0.3, -0.25) is 4.98 Å². The van der Waals surface area contributed by atoms with Gasteiger partial charge in [-0.1, -0.05) is 20.8 Å². The first-order chi connectivity index (χ1) is 8.88. The van der Waals surface area contributed by atoms with E-state index in [2.05, 4.69) is 62.2 Å². The minimum Gasteiger partial charge on any atom is -0.301 e. The zero-order valence-corrected chi connectivity index (χ0v) is 12.2. The molecule has 0 aliphatic carbocycles. The van der Waals surface area contributed by atoms with Crippen LogP contribution in [-0.2, 0) is 5.41 Å². The van der Waals surface area contributed by atoms with E-state index in [4.69, 9.17) is 4.98 Å². The Morgan fingerprint density at radius 2 is 1.79 bits per heavy atom. The molecule has 0 aliphatic heterocycles. The molecule has 3 heterocycles. The lowest BCUT2D eigenvalue weighted by atomic mass is 9.91. The molecular formula is C16H19N3. The number of hydrogen-bond acceptors (Lipinski definition) is 2. The lowest BCUT2D eigenvalue weighted by Crippen LogP contribution is -2.13. The number of aromatic nitrogens is 3. The van der Waals surface area contributed by atoms with Crippen LogP contribution in [0.5, 0.6) is 0 Å². The van der Waals surface area contributed by atoms with Crippen molar-refractivity contribution in [3.63, 3.8) is 0 Å². The maximum atomic E-state index is 4.81. The number of aryl methyl sites for hydroxylation is 2. The van der Waals surface area contributed by atoms with Crippen LogP contribution in [0.3, 0.4) is 0 Å². The normalized spacial score (nSPS) is 12.5. The lowest BCUT2D eigenvalue weighted by molar-refractivity contribution is 0.571. The van der Waals surface area contributed by atoms with Crippen molar-refractivity contribution >= 4 is 16.6 Å². The number of imidazole rings is 1. The molecule has 3 aromatic heterocycles. The Balaban J connectivity index is 2.40. The molecular weight excluding hydrogens is 234 g/mol. The van der Waals surface area contributed by atoms with E-state index in [1.165, 1.54) is 5.69 Å². The zero-order valence-electron chi connectivity index (χ0n) is 12.2. The molecule has 98 valence electrons. The van der Waals surface area contributed by atoms with Gasteiger partial charge in [0, 0.05) is 34.1 Å². The SMILES string of the molecule is Cc1cnc2c3ccc(C(C)(C)C)nc3cc(C)n12. The highest BCUT2D eigenvalue weighted by Crippen LogP contribution is 2.26. The van der Waals surface area contributed by atoms with Crippen LogP contribution in [0.15, 0.2) is 24.4 Å². The van der Waals surface area contributed by atoms with Crippen molar-refractivity contribution in [2.75, 3.05) is 0 Å². The van der Waals surface area contributed by atoms with Gasteiger partial charge in [-0.05, 0) is 32.0 Å². The molecule has 0 unspecified atom stereocenters. The molecule has 3 heteroatoms. The molecule has 0 bridgehead atoms. The molecule has 19 heavy (non-hydrogen) atoms. The summed E-state index contributed by atoms with van der Waals surface area (Å²) in [7, 11) is 0. The first-order valence-electron chi connectivity index (χ1n) is 6.63. The third-order valence-electron chi connectivity index (χ3n) is 3.57. The number of hydrogen-bond donors (Lipinski definition) is 0. The van der Waals surface area contributed by atoms with Gasteiger partial charge in [0.05, 0.1) is 5.52 Å². The third-order valence-corrected chi connectivity index (χ3v) is 3.57. The Morgan fingerprint density at radius 1 is 1.05 bits per heavy atom. The summed E-state index contributed by atoms with van der Waals surface area (Å²) >= 11 is 0. The van der Waals surface area contributed by atoms with Crippen LogP contribution in [0.2, 0.25) is 0 Å². The number of nitrogens with zero attached hydrogens (tertiary/aromatic N) is 3. The summed E-state index contributed by atoms with van der Waals surface area (Å²) < 4.78 is 2.18. The zero-order chi connectivity index (χ0) is 13.8. The Hall–Kier alpha value is -1.90. The maximum absolute atomic E-state index is 4.81. The van der Waals surface area contributed by atoms with Crippen LogP contribution in [-0.4, -0.2) is 14.4 Å². The van der Waals surface area contributed by atoms with E-state index in [0.29, 0.717) is 0 Å². The maximum Gasteiger partial charge on any atom is 0.146 e. The fourth-order valence-corrected chi connectivity index (χ4v) is 2.53. The Bertz CT molecular complexity index is 776. The van der Waals surface area contributed by atoms with Gasteiger partial charge in [-0.25, -0.2) is 4.98 Å². The first kappa shape index (κ1) is 12.2. The van der Waals surface area contributed by atoms with E-state index < -0.39 is 0 Å². The molecule has 0 spiro atoms. The highest BCUT2D eigenvalue weighted by atomic mass is 15.0. The quantitative estimate of drug-likeness (QED) is 0.610. The van der Waals surface area contributed by atoms with Crippen molar-refractivity contribution in [2.24, 2.45) is 0 Å². The summed E-state index contributed by atoms with van der Waals surface area (Å²) in [5.41, 5.74) is 5.56. The molecule has 0 N–H and O–H groups in total. The lowest BCUT2D eigenvalue weighted by Gasteiger charge is -2.18. The van der Waals surface area contributed by atoms with E-state index in [-0.39, 0.29) is 5.41 Å². The van der Waals surface area contributed by atoms with Crippen molar-refractivity contribution in [2.45, 2.75) is 40.0 Å². The monoisotopic (exact) mass is 253 g/mol. The first-order valence-corrected chi connectivity index (χ1v) is 6.63. The molecule has 0 fully saturated rings. The van der Waals surface area contributed by atoms with Crippen LogP contribution in [0.1, 0.15) is 37.9 Å². The summed E-state index contributed by atoms with van der Waals surface area (Å²) in [4.78, 5) is 9.34. The van der Waals surface area contributed by atoms with Gasteiger partial charge in [0.25, 0.3) is 0 Å². The van der Waals surface area contributed by atoms with Crippen molar-refractivity contribution in [3.05, 3.63) is 41.5 Å².